The van der Waals surface area contributed by atoms with Gasteiger partial charge < -0.3 is 5.11 Å². The van der Waals surface area contributed by atoms with Crippen LogP contribution in [0.1, 0.15) is 39.5 Å². The van der Waals surface area contributed by atoms with E-state index in [1.807, 2.05) is 6.92 Å². The normalized spacial score (nSPS) is 38.5. The number of carbonyl (C=O) groups is 1. The summed E-state index contributed by atoms with van der Waals surface area (Å²) < 4.78 is 0. The Hall–Kier alpha value is -0.530. The molecule has 0 spiro atoms. The molecule has 1 rings (SSSR count). The highest BCUT2D eigenvalue weighted by Gasteiger charge is 2.36. The number of aliphatic carboxylic acids is 1. The first kappa shape index (κ1) is 8.57. The minimum absolute atomic E-state index is 0.433. The van der Waals surface area contributed by atoms with E-state index in [-0.39, 0.29) is 0 Å². The van der Waals surface area contributed by atoms with E-state index < -0.39 is 11.4 Å². The molecule has 64 valence electrons. The SMILES string of the molecule is C[C@@H]1CCC[C@](C)(C(=O)O)C1. The van der Waals surface area contributed by atoms with Gasteiger partial charge in [0.15, 0.2) is 0 Å². The van der Waals surface area contributed by atoms with Gasteiger partial charge in [0.05, 0.1) is 5.41 Å². The average molecular weight is 156 g/mol. The van der Waals surface area contributed by atoms with Gasteiger partial charge in [-0.1, -0.05) is 19.8 Å². The van der Waals surface area contributed by atoms with Gasteiger partial charge in [0, 0.05) is 0 Å². The largest absolute Gasteiger partial charge is 0.481 e. The van der Waals surface area contributed by atoms with Crippen molar-refractivity contribution < 1.29 is 9.90 Å². The lowest BCUT2D eigenvalue weighted by Gasteiger charge is -2.32. The highest BCUT2D eigenvalue weighted by molar-refractivity contribution is 5.74. The van der Waals surface area contributed by atoms with Gasteiger partial charge in [-0.3, -0.25) is 4.79 Å². The monoisotopic (exact) mass is 156 g/mol. The number of carboxylic acids is 1. The third-order valence-corrected chi connectivity index (χ3v) is 2.74. The molecule has 0 unspecified atom stereocenters. The summed E-state index contributed by atoms with van der Waals surface area (Å²) >= 11 is 0. The van der Waals surface area contributed by atoms with Crippen LogP contribution in [0, 0.1) is 11.3 Å². The summed E-state index contributed by atoms with van der Waals surface area (Å²) in [5, 5.41) is 8.92. The summed E-state index contributed by atoms with van der Waals surface area (Å²) in [5.41, 5.74) is -0.433. The molecule has 0 heterocycles. The molecule has 1 N–H and O–H groups in total. The Morgan fingerprint density at radius 1 is 1.64 bits per heavy atom. The van der Waals surface area contributed by atoms with Gasteiger partial charge in [0.2, 0.25) is 0 Å². The van der Waals surface area contributed by atoms with Crippen LogP contribution in [0.15, 0.2) is 0 Å². The molecule has 2 nitrogen and oxygen atoms in total. The van der Waals surface area contributed by atoms with E-state index >= 15 is 0 Å². The fourth-order valence-electron chi connectivity index (χ4n) is 2.01. The Morgan fingerprint density at radius 3 is 2.64 bits per heavy atom. The number of rotatable bonds is 1. The van der Waals surface area contributed by atoms with Crippen LogP contribution < -0.4 is 0 Å². The van der Waals surface area contributed by atoms with Gasteiger partial charge >= 0.3 is 5.97 Å². The second-order valence-electron chi connectivity index (χ2n) is 4.07. The maximum Gasteiger partial charge on any atom is 0.309 e. The fourth-order valence-corrected chi connectivity index (χ4v) is 2.01. The zero-order valence-electron chi connectivity index (χ0n) is 7.26. The topological polar surface area (TPSA) is 37.3 Å². The molecule has 1 saturated carbocycles. The molecular weight excluding hydrogens is 140 g/mol. The Kier molecular flexibility index (Phi) is 2.21. The van der Waals surface area contributed by atoms with Crippen LogP contribution >= 0.6 is 0 Å². The Morgan fingerprint density at radius 2 is 2.27 bits per heavy atom. The summed E-state index contributed by atoms with van der Waals surface area (Å²) in [4.78, 5) is 10.8. The quantitative estimate of drug-likeness (QED) is 0.632. The fraction of sp³-hybridized carbons (Fsp3) is 0.889. The van der Waals surface area contributed by atoms with Crippen molar-refractivity contribution in [1.29, 1.82) is 0 Å². The molecule has 0 aromatic carbocycles. The molecule has 2 heteroatoms. The van der Waals surface area contributed by atoms with Gasteiger partial charge in [0.1, 0.15) is 0 Å². The second-order valence-corrected chi connectivity index (χ2v) is 4.07. The zero-order valence-corrected chi connectivity index (χ0v) is 7.26. The highest BCUT2D eigenvalue weighted by Crippen LogP contribution is 2.38. The highest BCUT2D eigenvalue weighted by atomic mass is 16.4. The van der Waals surface area contributed by atoms with Crippen LogP contribution in [0.5, 0.6) is 0 Å². The summed E-state index contributed by atoms with van der Waals surface area (Å²) in [6.07, 6.45) is 3.97. The van der Waals surface area contributed by atoms with Crippen molar-refractivity contribution in [3.05, 3.63) is 0 Å². The predicted octanol–water partition coefficient (Wildman–Crippen LogP) is 2.29. The van der Waals surface area contributed by atoms with E-state index in [1.165, 1.54) is 6.42 Å². The van der Waals surface area contributed by atoms with Crippen molar-refractivity contribution >= 4 is 5.97 Å². The molecule has 0 amide bonds. The van der Waals surface area contributed by atoms with Crippen molar-refractivity contribution in [2.45, 2.75) is 39.5 Å². The lowest BCUT2D eigenvalue weighted by molar-refractivity contribution is -0.150. The van der Waals surface area contributed by atoms with Crippen LogP contribution in [0.25, 0.3) is 0 Å². The zero-order chi connectivity index (χ0) is 8.48. The number of carboxylic acid groups (broad SMARTS) is 1. The molecule has 0 aliphatic heterocycles. The molecule has 0 radical (unpaired) electrons. The molecule has 11 heavy (non-hydrogen) atoms. The second kappa shape index (κ2) is 2.84. The van der Waals surface area contributed by atoms with Crippen LogP contribution in [0.4, 0.5) is 0 Å². The summed E-state index contributed by atoms with van der Waals surface area (Å²) in [6, 6.07) is 0. The number of hydrogen-bond acceptors (Lipinski definition) is 1. The van der Waals surface area contributed by atoms with Crippen molar-refractivity contribution in [1.82, 2.24) is 0 Å². The Bertz CT molecular complexity index is 165. The first-order chi connectivity index (χ1) is 5.04. The molecule has 1 aliphatic rings. The minimum Gasteiger partial charge on any atom is -0.481 e. The smallest absolute Gasteiger partial charge is 0.309 e. The van der Waals surface area contributed by atoms with Gasteiger partial charge in [-0.15, -0.1) is 0 Å². The molecule has 1 aliphatic carbocycles. The van der Waals surface area contributed by atoms with Crippen molar-refractivity contribution in [3.8, 4) is 0 Å². The van der Waals surface area contributed by atoms with Gasteiger partial charge in [-0.25, -0.2) is 0 Å². The lowest BCUT2D eigenvalue weighted by Crippen LogP contribution is -2.32. The van der Waals surface area contributed by atoms with Crippen LogP contribution in [0.3, 0.4) is 0 Å². The van der Waals surface area contributed by atoms with E-state index in [0.29, 0.717) is 5.92 Å². The van der Waals surface area contributed by atoms with Crippen LogP contribution in [-0.4, -0.2) is 11.1 Å². The van der Waals surface area contributed by atoms with E-state index in [2.05, 4.69) is 6.92 Å². The lowest BCUT2D eigenvalue weighted by atomic mass is 9.71. The molecular formula is C9H16O2. The minimum atomic E-state index is -0.621. The van der Waals surface area contributed by atoms with Gasteiger partial charge in [-0.2, -0.15) is 0 Å². The maximum absolute atomic E-state index is 10.8. The summed E-state index contributed by atoms with van der Waals surface area (Å²) in [5.74, 6) is -0.0334. The van der Waals surface area contributed by atoms with Crippen molar-refractivity contribution in [2.24, 2.45) is 11.3 Å². The van der Waals surface area contributed by atoms with Crippen molar-refractivity contribution in [2.75, 3.05) is 0 Å². The molecule has 1 fully saturated rings. The Balaban J connectivity index is 2.63. The van der Waals surface area contributed by atoms with E-state index in [9.17, 15) is 4.79 Å². The predicted molar refractivity (Wildman–Crippen MR) is 43.4 cm³/mol. The third-order valence-electron chi connectivity index (χ3n) is 2.74. The van der Waals surface area contributed by atoms with Crippen molar-refractivity contribution in [3.63, 3.8) is 0 Å². The van der Waals surface area contributed by atoms with Gasteiger partial charge in [0.25, 0.3) is 0 Å². The first-order valence-corrected chi connectivity index (χ1v) is 4.28. The van der Waals surface area contributed by atoms with Gasteiger partial charge in [-0.05, 0) is 25.7 Å². The maximum atomic E-state index is 10.8. The standard InChI is InChI=1S/C9H16O2/c1-7-4-3-5-9(2,6-7)8(10)11/h7H,3-6H2,1-2H3,(H,10,11)/t7-,9+/m1/s1. The molecule has 0 bridgehead atoms. The molecule has 0 saturated heterocycles. The summed E-state index contributed by atoms with van der Waals surface area (Å²) in [6.45, 7) is 4.01. The first-order valence-electron chi connectivity index (χ1n) is 4.28. The number of hydrogen-bond donors (Lipinski definition) is 1. The molecule has 0 aromatic heterocycles. The Labute approximate surface area is 67.6 Å². The molecule has 2 atom stereocenters. The van der Waals surface area contributed by atoms with Crippen LogP contribution in [-0.2, 0) is 4.79 Å². The van der Waals surface area contributed by atoms with E-state index in [0.717, 1.165) is 19.3 Å². The van der Waals surface area contributed by atoms with E-state index in [4.69, 9.17) is 5.11 Å². The summed E-state index contributed by atoms with van der Waals surface area (Å²) in [7, 11) is 0. The molecule has 0 aromatic rings. The average Bonchev–Trinajstić information content (AvgIpc) is 1.86. The third kappa shape index (κ3) is 1.73. The van der Waals surface area contributed by atoms with Crippen LogP contribution in [0.2, 0.25) is 0 Å². The van der Waals surface area contributed by atoms with E-state index in [1.54, 1.807) is 0 Å².